The number of hydrogen-bond donors (Lipinski definition) is 3. The molecular weight excluding hydrogens is 341 g/mol. The first-order valence-corrected chi connectivity index (χ1v) is 6.98. The van der Waals surface area contributed by atoms with Crippen molar-refractivity contribution >= 4 is 12.1 Å². The maximum Gasteiger partial charge on any atom is 0.416 e. The molecule has 0 aliphatic carbocycles. The van der Waals surface area contributed by atoms with Crippen molar-refractivity contribution in [3.63, 3.8) is 0 Å². The van der Waals surface area contributed by atoms with E-state index in [9.17, 15) is 27.6 Å². The van der Waals surface area contributed by atoms with E-state index in [4.69, 9.17) is 0 Å². The Labute approximate surface area is 138 Å². The Morgan fingerprint density at radius 1 is 1.20 bits per heavy atom. The van der Waals surface area contributed by atoms with Crippen LogP contribution in [0.15, 0.2) is 39.0 Å². The number of halogens is 3. The minimum absolute atomic E-state index is 0.0850. The van der Waals surface area contributed by atoms with Crippen LogP contribution in [-0.4, -0.2) is 22.1 Å². The fourth-order valence-corrected chi connectivity index (χ4v) is 1.98. The number of hydrazone groups is 1. The molecule has 0 unspecified atom stereocenters. The van der Waals surface area contributed by atoms with E-state index < -0.39 is 28.9 Å². The number of aromatic amines is 2. The number of alkyl halides is 3. The molecule has 0 radical (unpaired) electrons. The Bertz CT molecular complexity index is 911. The van der Waals surface area contributed by atoms with Gasteiger partial charge in [0.25, 0.3) is 5.56 Å². The lowest BCUT2D eigenvalue weighted by Gasteiger charge is -2.05. The molecule has 0 saturated carbocycles. The maximum atomic E-state index is 12.4. The minimum atomic E-state index is -4.43. The first-order chi connectivity index (χ1) is 11.7. The summed E-state index contributed by atoms with van der Waals surface area (Å²) in [6.45, 7) is 1.48. The second-order valence-corrected chi connectivity index (χ2v) is 5.10. The van der Waals surface area contributed by atoms with Crippen LogP contribution in [0.4, 0.5) is 13.2 Å². The van der Waals surface area contributed by atoms with E-state index in [2.05, 4.69) is 15.5 Å². The second kappa shape index (κ2) is 7.16. The van der Waals surface area contributed by atoms with Gasteiger partial charge in [-0.2, -0.15) is 18.3 Å². The number of carbonyl (C=O) groups is 1. The van der Waals surface area contributed by atoms with E-state index in [0.717, 1.165) is 12.1 Å². The first-order valence-electron chi connectivity index (χ1n) is 6.98. The number of amides is 1. The van der Waals surface area contributed by atoms with Gasteiger partial charge >= 0.3 is 11.9 Å². The second-order valence-electron chi connectivity index (χ2n) is 5.10. The van der Waals surface area contributed by atoms with E-state index in [1.165, 1.54) is 25.3 Å². The number of H-pyrrole nitrogens is 2. The molecular formula is C15H13F3N4O3. The summed E-state index contributed by atoms with van der Waals surface area (Å²) in [5.41, 5.74) is 0.713. The quantitative estimate of drug-likeness (QED) is 0.565. The number of benzene rings is 1. The van der Waals surface area contributed by atoms with Crippen LogP contribution in [0.25, 0.3) is 0 Å². The number of hydrogen-bond acceptors (Lipinski definition) is 4. The summed E-state index contributed by atoms with van der Waals surface area (Å²) in [6.07, 6.45) is -3.57. The number of nitrogens with one attached hydrogen (secondary N) is 3. The van der Waals surface area contributed by atoms with Crippen molar-refractivity contribution in [2.45, 2.75) is 19.5 Å². The molecule has 2 aromatic rings. The molecule has 132 valence electrons. The van der Waals surface area contributed by atoms with Crippen LogP contribution >= 0.6 is 0 Å². The van der Waals surface area contributed by atoms with Crippen molar-refractivity contribution < 1.29 is 18.0 Å². The molecule has 0 saturated heterocycles. The van der Waals surface area contributed by atoms with Gasteiger partial charge in [-0.25, -0.2) is 10.2 Å². The SMILES string of the molecule is Cc1[nH]c(=O)[nH]c(=O)c1CC(=O)N/N=C\c1ccc(C(F)(F)F)cc1. The minimum Gasteiger partial charge on any atom is -0.311 e. The van der Waals surface area contributed by atoms with E-state index in [0.29, 0.717) is 5.56 Å². The Hall–Kier alpha value is -3.17. The predicted octanol–water partition coefficient (Wildman–Crippen LogP) is 1.08. The zero-order valence-corrected chi connectivity index (χ0v) is 12.9. The Balaban J connectivity index is 1.99. The fraction of sp³-hybridized carbons (Fsp3) is 0.200. The molecule has 10 heteroatoms. The highest BCUT2D eigenvalue weighted by Gasteiger charge is 2.29. The topological polar surface area (TPSA) is 107 Å². The average molecular weight is 354 g/mol. The van der Waals surface area contributed by atoms with Gasteiger partial charge in [-0.1, -0.05) is 12.1 Å². The van der Waals surface area contributed by atoms with Crippen LogP contribution in [0.1, 0.15) is 22.4 Å². The van der Waals surface area contributed by atoms with Crippen LogP contribution in [0.3, 0.4) is 0 Å². The first kappa shape index (κ1) is 18.2. The summed E-state index contributed by atoms with van der Waals surface area (Å²) < 4.78 is 37.3. The zero-order valence-electron chi connectivity index (χ0n) is 12.9. The molecule has 0 spiro atoms. The van der Waals surface area contributed by atoms with E-state index in [1.807, 2.05) is 4.98 Å². The molecule has 2 rings (SSSR count). The van der Waals surface area contributed by atoms with Gasteiger partial charge in [0.1, 0.15) is 0 Å². The van der Waals surface area contributed by atoms with Crippen LogP contribution < -0.4 is 16.7 Å². The molecule has 0 aliphatic rings. The highest BCUT2D eigenvalue weighted by atomic mass is 19.4. The molecule has 0 aliphatic heterocycles. The number of nitrogens with zero attached hydrogens (tertiary/aromatic N) is 1. The lowest BCUT2D eigenvalue weighted by Crippen LogP contribution is -2.30. The van der Waals surface area contributed by atoms with Crippen molar-refractivity contribution in [3.05, 3.63) is 67.5 Å². The van der Waals surface area contributed by atoms with Crippen molar-refractivity contribution in [1.29, 1.82) is 0 Å². The fourth-order valence-electron chi connectivity index (χ4n) is 1.98. The van der Waals surface area contributed by atoms with E-state index in [-0.39, 0.29) is 17.7 Å². The van der Waals surface area contributed by atoms with Crippen molar-refractivity contribution in [1.82, 2.24) is 15.4 Å². The van der Waals surface area contributed by atoms with Crippen LogP contribution in [0, 0.1) is 6.92 Å². The third-order valence-electron chi connectivity index (χ3n) is 3.23. The molecule has 0 fully saturated rings. The van der Waals surface area contributed by atoms with Gasteiger partial charge in [-0.05, 0) is 24.6 Å². The summed E-state index contributed by atoms with van der Waals surface area (Å²) in [5, 5.41) is 3.62. The van der Waals surface area contributed by atoms with Crippen molar-refractivity contribution in [3.8, 4) is 0 Å². The lowest BCUT2D eigenvalue weighted by molar-refractivity contribution is -0.137. The average Bonchev–Trinajstić information content (AvgIpc) is 2.50. The van der Waals surface area contributed by atoms with Crippen LogP contribution in [0.2, 0.25) is 0 Å². The Morgan fingerprint density at radius 3 is 2.40 bits per heavy atom. The Morgan fingerprint density at radius 2 is 1.84 bits per heavy atom. The molecule has 7 nitrogen and oxygen atoms in total. The molecule has 25 heavy (non-hydrogen) atoms. The number of aryl methyl sites for hydroxylation is 1. The van der Waals surface area contributed by atoms with Gasteiger partial charge in [0.15, 0.2) is 0 Å². The third kappa shape index (κ3) is 4.90. The largest absolute Gasteiger partial charge is 0.416 e. The summed E-state index contributed by atoms with van der Waals surface area (Å²) in [4.78, 5) is 38.8. The van der Waals surface area contributed by atoms with Gasteiger partial charge in [-0.15, -0.1) is 0 Å². The van der Waals surface area contributed by atoms with Gasteiger partial charge in [0, 0.05) is 11.3 Å². The smallest absolute Gasteiger partial charge is 0.311 e. The van der Waals surface area contributed by atoms with Crippen LogP contribution in [0.5, 0.6) is 0 Å². The molecule has 1 aromatic heterocycles. The molecule has 0 atom stereocenters. The van der Waals surface area contributed by atoms with Gasteiger partial charge < -0.3 is 4.98 Å². The van der Waals surface area contributed by atoms with Crippen LogP contribution in [-0.2, 0) is 17.4 Å². The molecule has 1 amide bonds. The number of rotatable bonds is 4. The van der Waals surface area contributed by atoms with Gasteiger partial charge in [0.05, 0.1) is 18.2 Å². The predicted molar refractivity (Wildman–Crippen MR) is 83.3 cm³/mol. The summed E-state index contributed by atoms with van der Waals surface area (Å²) >= 11 is 0. The van der Waals surface area contributed by atoms with Gasteiger partial charge in [-0.3, -0.25) is 14.6 Å². The lowest BCUT2D eigenvalue weighted by atomic mass is 10.1. The Kier molecular flexibility index (Phi) is 5.20. The maximum absolute atomic E-state index is 12.4. The highest BCUT2D eigenvalue weighted by Crippen LogP contribution is 2.28. The van der Waals surface area contributed by atoms with Crippen molar-refractivity contribution in [2.75, 3.05) is 0 Å². The van der Waals surface area contributed by atoms with Crippen molar-refractivity contribution in [2.24, 2.45) is 5.10 Å². The highest BCUT2D eigenvalue weighted by molar-refractivity contribution is 5.83. The molecule has 1 heterocycles. The number of carbonyl (C=O) groups excluding carboxylic acids is 1. The molecule has 1 aromatic carbocycles. The van der Waals surface area contributed by atoms with E-state index >= 15 is 0 Å². The summed E-state index contributed by atoms with van der Waals surface area (Å²) in [5.74, 6) is -0.621. The normalized spacial score (nSPS) is 11.7. The van der Waals surface area contributed by atoms with E-state index in [1.54, 1.807) is 0 Å². The monoisotopic (exact) mass is 354 g/mol. The summed E-state index contributed by atoms with van der Waals surface area (Å²) in [7, 11) is 0. The zero-order chi connectivity index (χ0) is 18.6. The standard InChI is InChI=1S/C15H13F3N4O3/c1-8-11(13(24)21-14(25)20-8)6-12(23)22-19-7-9-2-4-10(5-3-9)15(16,17)18/h2-5,7H,6H2,1H3,(H,22,23)(H2,20,21,24,25)/b19-7-. The molecule has 0 bridgehead atoms. The third-order valence-corrected chi connectivity index (χ3v) is 3.23. The molecule has 3 N–H and O–H groups in total. The summed E-state index contributed by atoms with van der Waals surface area (Å²) in [6, 6.07) is 4.20. The number of aromatic nitrogens is 2. The van der Waals surface area contributed by atoms with Gasteiger partial charge in [0.2, 0.25) is 5.91 Å².